The fourth-order valence-corrected chi connectivity index (χ4v) is 4.30. The van der Waals surface area contributed by atoms with Gasteiger partial charge in [0.05, 0.1) is 14.1 Å². The van der Waals surface area contributed by atoms with Gasteiger partial charge in [-0.05, 0) is 56.3 Å². The summed E-state index contributed by atoms with van der Waals surface area (Å²) in [5.74, 6) is 0.255. The van der Waals surface area contributed by atoms with Crippen LogP contribution in [0.15, 0.2) is 44.7 Å². The number of carbonyl (C=O) groups is 1. The fraction of sp³-hybridized carbons (Fsp3) is 0.214. The minimum absolute atomic E-state index is 0.255. The second-order valence-electron chi connectivity index (χ2n) is 4.51. The average molecular weight is 386 g/mol. The zero-order chi connectivity index (χ0) is 12.8. The highest BCUT2D eigenvalue weighted by Crippen LogP contribution is 2.51. The molecular weight excluding hydrogens is 376 g/mol. The Balaban J connectivity index is 1.98. The molecule has 0 bridgehead atoms. The molecule has 0 atom stereocenters. The maximum absolute atomic E-state index is 12.7. The van der Waals surface area contributed by atoms with E-state index in [1.54, 1.807) is 0 Å². The van der Waals surface area contributed by atoms with Crippen LogP contribution in [0.2, 0.25) is 0 Å². The summed E-state index contributed by atoms with van der Waals surface area (Å²) in [7, 11) is 0. The summed E-state index contributed by atoms with van der Waals surface area (Å²) in [6, 6.07) is 12.0. The summed E-state index contributed by atoms with van der Waals surface area (Å²) < 4.78 is 1.94. The average Bonchev–Trinajstić information content (AvgIpc) is 3.13. The Morgan fingerprint density at radius 2 is 1.83 bits per heavy atom. The highest BCUT2D eigenvalue weighted by Gasteiger charge is 2.51. The molecule has 0 amide bonds. The first-order valence-electron chi connectivity index (χ1n) is 5.69. The number of halogens is 2. The molecule has 1 heterocycles. The van der Waals surface area contributed by atoms with Gasteiger partial charge in [0.2, 0.25) is 0 Å². The standard InChI is InChI=1S/C14H10Br2OS/c15-10-8-11(18-13(10)16)12(17)14(6-7-14)9-4-2-1-3-5-9/h1-5,8H,6-7H2. The summed E-state index contributed by atoms with van der Waals surface area (Å²) in [4.78, 5) is 13.5. The monoisotopic (exact) mass is 384 g/mol. The van der Waals surface area contributed by atoms with E-state index in [9.17, 15) is 4.79 Å². The smallest absolute Gasteiger partial charge is 0.183 e. The quantitative estimate of drug-likeness (QED) is 0.664. The van der Waals surface area contributed by atoms with Crippen LogP contribution in [-0.2, 0) is 5.41 Å². The van der Waals surface area contributed by atoms with E-state index in [1.165, 1.54) is 11.3 Å². The molecule has 1 nitrogen and oxygen atoms in total. The van der Waals surface area contributed by atoms with Gasteiger partial charge in [0.15, 0.2) is 5.78 Å². The van der Waals surface area contributed by atoms with Crippen molar-refractivity contribution in [2.24, 2.45) is 0 Å². The molecule has 1 aliphatic carbocycles. The van der Waals surface area contributed by atoms with Crippen LogP contribution in [0.1, 0.15) is 28.1 Å². The first-order chi connectivity index (χ1) is 8.63. The molecule has 1 aromatic heterocycles. The Morgan fingerprint density at radius 1 is 1.17 bits per heavy atom. The molecule has 0 spiro atoms. The molecule has 1 fully saturated rings. The van der Waals surface area contributed by atoms with Crippen molar-refractivity contribution in [1.29, 1.82) is 0 Å². The van der Waals surface area contributed by atoms with E-state index in [0.29, 0.717) is 0 Å². The summed E-state index contributed by atoms with van der Waals surface area (Å²) >= 11 is 8.39. The minimum Gasteiger partial charge on any atom is -0.292 e. The van der Waals surface area contributed by atoms with Gasteiger partial charge in [-0.15, -0.1) is 11.3 Å². The number of rotatable bonds is 3. The first-order valence-corrected chi connectivity index (χ1v) is 8.09. The predicted molar refractivity (Wildman–Crippen MR) is 81.4 cm³/mol. The van der Waals surface area contributed by atoms with Crippen LogP contribution in [0.25, 0.3) is 0 Å². The van der Waals surface area contributed by atoms with Gasteiger partial charge in [0, 0.05) is 4.47 Å². The lowest BCUT2D eigenvalue weighted by atomic mass is 9.90. The van der Waals surface area contributed by atoms with Crippen LogP contribution < -0.4 is 0 Å². The summed E-state index contributed by atoms with van der Waals surface area (Å²) in [5, 5.41) is 0. The van der Waals surface area contributed by atoms with Gasteiger partial charge in [0.25, 0.3) is 0 Å². The molecule has 2 aromatic rings. The Kier molecular flexibility index (Phi) is 3.20. The van der Waals surface area contributed by atoms with E-state index in [1.807, 2.05) is 24.3 Å². The second-order valence-corrected chi connectivity index (χ2v) is 7.73. The summed E-state index contributed by atoms with van der Waals surface area (Å²) in [6.45, 7) is 0. The normalized spacial score (nSPS) is 16.6. The third-order valence-electron chi connectivity index (χ3n) is 3.38. The zero-order valence-corrected chi connectivity index (χ0v) is 13.4. The number of carbonyl (C=O) groups excluding carboxylic acids is 1. The Labute approximate surface area is 126 Å². The number of hydrogen-bond donors (Lipinski definition) is 0. The van der Waals surface area contributed by atoms with Crippen LogP contribution in [-0.4, -0.2) is 5.78 Å². The van der Waals surface area contributed by atoms with Crippen LogP contribution in [0.5, 0.6) is 0 Å². The van der Waals surface area contributed by atoms with Gasteiger partial charge in [-0.2, -0.15) is 0 Å². The van der Waals surface area contributed by atoms with Crippen molar-refractivity contribution < 1.29 is 4.79 Å². The van der Waals surface area contributed by atoms with Crippen LogP contribution in [0.3, 0.4) is 0 Å². The summed E-state index contributed by atoms with van der Waals surface area (Å²) in [5.41, 5.74) is 0.890. The number of benzene rings is 1. The van der Waals surface area contributed by atoms with Gasteiger partial charge >= 0.3 is 0 Å². The maximum Gasteiger partial charge on any atom is 0.183 e. The maximum atomic E-state index is 12.7. The molecular formula is C14H10Br2OS. The molecule has 92 valence electrons. The number of thiophene rings is 1. The Hall–Kier alpha value is -0.450. The molecule has 1 aliphatic rings. The van der Waals surface area contributed by atoms with Crippen molar-refractivity contribution in [1.82, 2.24) is 0 Å². The van der Waals surface area contributed by atoms with Crippen molar-refractivity contribution in [3.8, 4) is 0 Å². The molecule has 0 unspecified atom stereocenters. The molecule has 4 heteroatoms. The van der Waals surface area contributed by atoms with Gasteiger partial charge in [-0.3, -0.25) is 4.79 Å². The van der Waals surface area contributed by atoms with E-state index in [4.69, 9.17) is 0 Å². The van der Waals surface area contributed by atoms with Crippen molar-refractivity contribution >= 4 is 49.0 Å². The highest BCUT2D eigenvalue weighted by molar-refractivity contribution is 9.13. The highest BCUT2D eigenvalue weighted by atomic mass is 79.9. The van der Waals surface area contributed by atoms with E-state index >= 15 is 0 Å². The van der Waals surface area contributed by atoms with Crippen LogP contribution in [0.4, 0.5) is 0 Å². The SMILES string of the molecule is O=C(c1cc(Br)c(Br)s1)C1(c2ccccc2)CC1. The molecule has 0 N–H and O–H groups in total. The topological polar surface area (TPSA) is 17.1 Å². The molecule has 18 heavy (non-hydrogen) atoms. The lowest BCUT2D eigenvalue weighted by Gasteiger charge is -2.12. The molecule has 0 radical (unpaired) electrons. The summed E-state index contributed by atoms with van der Waals surface area (Å²) in [6.07, 6.45) is 1.92. The number of hydrogen-bond acceptors (Lipinski definition) is 2. The lowest BCUT2D eigenvalue weighted by molar-refractivity contribution is 0.0950. The van der Waals surface area contributed by atoms with Crippen molar-refractivity contribution in [3.63, 3.8) is 0 Å². The van der Waals surface area contributed by atoms with Crippen LogP contribution in [0, 0.1) is 0 Å². The van der Waals surface area contributed by atoms with E-state index in [2.05, 4.69) is 44.0 Å². The second kappa shape index (κ2) is 4.58. The number of Topliss-reactive ketones (excluding diaryl/α,β-unsaturated/α-hetero) is 1. The van der Waals surface area contributed by atoms with Crippen molar-refractivity contribution in [2.45, 2.75) is 18.3 Å². The Bertz CT molecular complexity index is 580. The molecule has 1 saturated carbocycles. The lowest BCUT2D eigenvalue weighted by Crippen LogP contribution is -2.19. The van der Waals surface area contributed by atoms with Gasteiger partial charge < -0.3 is 0 Å². The van der Waals surface area contributed by atoms with E-state index in [-0.39, 0.29) is 11.2 Å². The largest absolute Gasteiger partial charge is 0.292 e. The van der Waals surface area contributed by atoms with Gasteiger partial charge in [0.1, 0.15) is 0 Å². The van der Waals surface area contributed by atoms with Crippen LogP contribution >= 0.6 is 43.2 Å². The van der Waals surface area contributed by atoms with Crippen molar-refractivity contribution in [2.75, 3.05) is 0 Å². The fourth-order valence-electron chi connectivity index (χ4n) is 2.22. The predicted octanol–water partition coefficient (Wildman–Crippen LogP) is 5.19. The zero-order valence-electron chi connectivity index (χ0n) is 9.45. The van der Waals surface area contributed by atoms with Crippen molar-refractivity contribution in [3.05, 3.63) is 55.1 Å². The molecule has 0 aliphatic heterocycles. The molecule has 3 rings (SSSR count). The molecule has 0 saturated heterocycles. The minimum atomic E-state index is -0.259. The van der Waals surface area contributed by atoms with E-state index in [0.717, 1.165) is 31.5 Å². The first kappa shape index (κ1) is 12.6. The Morgan fingerprint density at radius 3 is 2.33 bits per heavy atom. The molecule has 1 aromatic carbocycles. The number of ketones is 1. The third-order valence-corrected chi connectivity index (χ3v) is 6.63. The van der Waals surface area contributed by atoms with Gasteiger partial charge in [-0.25, -0.2) is 0 Å². The third kappa shape index (κ3) is 2.00. The van der Waals surface area contributed by atoms with E-state index < -0.39 is 0 Å². The van der Waals surface area contributed by atoms with Gasteiger partial charge in [-0.1, -0.05) is 30.3 Å².